The molecule has 1 unspecified atom stereocenters. The molecule has 3 heterocycles. The van der Waals surface area contributed by atoms with E-state index in [-0.39, 0.29) is 37.4 Å². The predicted octanol–water partition coefficient (Wildman–Crippen LogP) is 5.78. The van der Waals surface area contributed by atoms with Crippen LogP contribution in [0.4, 0.5) is 22.8 Å². The molecule has 18 heteroatoms. The molecule has 0 bridgehead atoms. The van der Waals surface area contributed by atoms with Crippen LogP contribution in [0.15, 0.2) is 83.3 Å². The van der Waals surface area contributed by atoms with Crippen molar-refractivity contribution in [1.29, 1.82) is 0 Å². The minimum Gasteiger partial charge on any atom is -0.445 e. The number of hydrogen-bond donors (Lipinski definition) is 3. The Labute approximate surface area is 337 Å². The lowest BCUT2D eigenvalue weighted by Gasteiger charge is -2.29. The average Bonchev–Trinajstić information content (AvgIpc) is 3.87. The van der Waals surface area contributed by atoms with Gasteiger partial charge in [0.2, 0.25) is 11.7 Å². The van der Waals surface area contributed by atoms with Crippen LogP contribution in [0.25, 0.3) is 11.1 Å². The topological polar surface area (TPSA) is 196 Å². The van der Waals surface area contributed by atoms with Gasteiger partial charge in [0.05, 0.1) is 12.6 Å². The molecule has 0 aliphatic carbocycles. The number of para-hydroxylation sites is 2. The Morgan fingerprint density at radius 1 is 0.898 bits per heavy atom. The van der Waals surface area contributed by atoms with E-state index < -0.39 is 66.1 Å². The number of ether oxygens (including phenoxy) is 3. The fourth-order valence-electron chi connectivity index (χ4n) is 7.02. The molecule has 15 nitrogen and oxygen atoms in total. The fourth-order valence-corrected chi connectivity index (χ4v) is 7.02. The molecule has 2 aliphatic rings. The Morgan fingerprint density at radius 3 is 2.31 bits per heavy atom. The number of rotatable bonds is 15. The summed E-state index contributed by atoms with van der Waals surface area (Å²) in [5, 5.41) is 5.25. The highest BCUT2D eigenvalue weighted by Crippen LogP contribution is 2.30. The number of hydrogen-bond acceptors (Lipinski definition) is 11. The third kappa shape index (κ3) is 11.5. The first-order valence-corrected chi connectivity index (χ1v) is 19.4. The molecule has 59 heavy (non-hydrogen) atoms. The molecule has 2 aliphatic heterocycles. The SMILES string of the molecule is NCCCC[C@H](NC(=O)[C@@H]1C[C@@H](OC(=O)N2CCCCC2)CN1C(=O)C(NC(=O)OCc1ccccc1)c1ccc(OC(F)(F)F)cc1)C(=O)c1nc2ccccc2o1. The van der Waals surface area contributed by atoms with E-state index in [9.17, 15) is 37.1 Å². The molecule has 1 aromatic heterocycles. The van der Waals surface area contributed by atoms with Gasteiger partial charge in [-0.05, 0) is 80.5 Å². The van der Waals surface area contributed by atoms with Crippen LogP contribution in [0.1, 0.15) is 72.8 Å². The molecule has 4 amide bonds. The Morgan fingerprint density at radius 2 is 1.61 bits per heavy atom. The number of oxazole rings is 1. The summed E-state index contributed by atoms with van der Waals surface area (Å²) >= 11 is 0. The molecule has 2 fully saturated rings. The van der Waals surface area contributed by atoms with Crippen molar-refractivity contribution in [1.82, 2.24) is 25.4 Å². The number of carbonyl (C=O) groups excluding carboxylic acids is 5. The van der Waals surface area contributed by atoms with E-state index >= 15 is 0 Å². The van der Waals surface area contributed by atoms with Crippen molar-refractivity contribution in [2.75, 3.05) is 26.2 Å². The van der Waals surface area contributed by atoms with Crippen molar-refractivity contribution in [3.8, 4) is 5.75 Å². The van der Waals surface area contributed by atoms with E-state index in [1.807, 2.05) is 0 Å². The number of alkyl halides is 3. The number of halogens is 3. The smallest absolute Gasteiger partial charge is 0.445 e. The zero-order valence-electron chi connectivity index (χ0n) is 32.0. The second kappa shape index (κ2) is 19.5. The molecule has 4 aromatic rings. The van der Waals surface area contributed by atoms with Gasteiger partial charge in [-0.1, -0.05) is 54.6 Å². The lowest BCUT2D eigenvalue weighted by atomic mass is 10.0. The maximum absolute atomic E-state index is 14.7. The number of Topliss-reactive ketones (excluding diaryl/α,β-unsaturated/α-hetero) is 1. The second-order valence-electron chi connectivity index (χ2n) is 14.2. The number of likely N-dealkylation sites (tertiary alicyclic amines) is 2. The summed E-state index contributed by atoms with van der Waals surface area (Å²) < 4.78 is 59.9. The molecule has 0 saturated carbocycles. The highest BCUT2D eigenvalue weighted by Gasteiger charge is 2.45. The lowest BCUT2D eigenvalue weighted by molar-refractivity contribution is -0.274. The summed E-state index contributed by atoms with van der Waals surface area (Å²) in [6.07, 6.45) is -4.14. The van der Waals surface area contributed by atoms with Gasteiger partial charge in [-0.25, -0.2) is 14.6 Å². The number of aromatic nitrogens is 1. The van der Waals surface area contributed by atoms with Crippen LogP contribution < -0.4 is 21.1 Å². The predicted molar refractivity (Wildman–Crippen MR) is 205 cm³/mol. The van der Waals surface area contributed by atoms with Gasteiger partial charge in [0.25, 0.3) is 11.8 Å². The van der Waals surface area contributed by atoms with Gasteiger partial charge < -0.3 is 44.8 Å². The normalized spacial score (nSPS) is 17.8. The number of carbonyl (C=O) groups is 5. The number of amides is 4. The summed E-state index contributed by atoms with van der Waals surface area (Å²) in [6, 6.07) is 15.6. The number of nitrogens with zero attached hydrogens (tertiary/aromatic N) is 3. The zero-order chi connectivity index (χ0) is 41.9. The number of nitrogens with one attached hydrogen (secondary N) is 2. The monoisotopic (exact) mass is 822 g/mol. The standard InChI is InChI=1S/C41H45F3N6O9/c42-41(43,44)59-28-18-16-27(17-19-28)34(48-39(54)56-25-26-11-3-1-4-12-26)38(53)50-24-29(57-40(55)49-21-9-2-10-22-49)23-32(50)36(52)46-31(14-7-8-20-45)35(51)37-47-30-13-5-6-15-33(30)58-37/h1,3-6,11-13,15-19,29,31-32,34H,2,7-10,14,20-25,45H2,(H,46,52)(H,48,54)/t29-,31+,32+,34?/m1/s1. The Bertz CT molecular complexity index is 2040. The van der Waals surface area contributed by atoms with Crippen LogP contribution in [0.3, 0.4) is 0 Å². The molecular weight excluding hydrogens is 777 g/mol. The van der Waals surface area contributed by atoms with Crippen molar-refractivity contribution in [3.63, 3.8) is 0 Å². The van der Waals surface area contributed by atoms with Crippen molar-refractivity contribution >= 4 is 40.9 Å². The van der Waals surface area contributed by atoms with Gasteiger partial charge in [0.1, 0.15) is 36.1 Å². The molecule has 6 rings (SSSR count). The second-order valence-corrected chi connectivity index (χ2v) is 14.2. The number of nitrogens with two attached hydrogens (primary N) is 1. The van der Waals surface area contributed by atoms with E-state index in [0.29, 0.717) is 49.1 Å². The van der Waals surface area contributed by atoms with Crippen molar-refractivity contribution in [3.05, 3.63) is 95.9 Å². The maximum atomic E-state index is 14.7. The number of fused-ring (bicyclic) bond motifs is 1. The van der Waals surface area contributed by atoms with Gasteiger partial charge >= 0.3 is 18.5 Å². The molecule has 0 spiro atoms. The average molecular weight is 823 g/mol. The first-order valence-electron chi connectivity index (χ1n) is 19.4. The summed E-state index contributed by atoms with van der Waals surface area (Å²) in [5.41, 5.74) is 7.20. The van der Waals surface area contributed by atoms with E-state index in [4.69, 9.17) is 19.6 Å². The third-order valence-electron chi connectivity index (χ3n) is 9.98. The number of benzene rings is 3. The summed E-state index contributed by atoms with van der Waals surface area (Å²) in [5.74, 6) is -3.05. The molecule has 4 atom stereocenters. The van der Waals surface area contributed by atoms with Crippen LogP contribution >= 0.6 is 0 Å². The van der Waals surface area contributed by atoms with E-state index in [2.05, 4.69) is 20.4 Å². The molecule has 2 saturated heterocycles. The van der Waals surface area contributed by atoms with Gasteiger partial charge in [-0.15, -0.1) is 13.2 Å². The number of unbranched alkanes of at least 4 members (excludes halogenated alkanes) is 1. The molecular formula is C41H45F3N6O9. The molecule has 314 valence electrons. The summed E-state index contributed by atoms with van der Waals surface area (Å²) in [7, 11) is 0. The summed E-state index contributed by atoms with van der Waals surface area (Å²) in [6.45, 7) is 0.824. The van der Waals surface area contributed by atoms with Gasteiger partial charge in [-0.2, -0.15) is 0 Å². The Balaban J connectivity index is 1.28. The number of piperidine rings is 1. The maximum Gasteiger partial charge on any atom is 0.573 e. The van der Waals surface area contributed by atoms with Crippen molar-refractivity contribution < 1.29 is 55.8 Å². The number of alkyl carbamates (subject to hydrolysis) is 1. The minimum absolute atomic E-state index is 0.0277. The van der Waals surface area contributed by atoms with E-state index in [0.717, 1.165) is 48.4 Å². The van der Waals surface area contributed by atoms with Crippen LogP contribution in [-0.2, 0) is 25.7 Å². The molecule has 4 N–H and O–H groups in total. The van der Waals surface area contributed by atoms with Gasteiger partial charge in [-0.3, -0.25) is 14.4 Å². The van der Waals surface area contributed by atoms with E-state index in [1.54, 1.807) is 59.5 Å². The van der Waals surface area contributed by atoms with Crippen molar-refractivity contribution in [2.24, 2.45) is 5.73 Å². The van der Waals surface area contributed by atoms with Crippen LogP contribution in [0.5, 0.6) is 5.75 Å². The minimum atomic E-state index is -4.99. The fraction of sp³-hybridized carbons (Fsp3) is 0.415. The van der Waals surface area contributed by atoms with Gasteiger partial charge in [0.15, 0.2) is 5.58 Å². The third-order valence-corrected chi connectivity index (χ3v) is 9.98. The number of ketones is 1. The van der Waals surface area contributed by atoms with Crippen LogP contribution in [-0.4, -0.2) is 95.3 Å². The Kier molecular flexibility index (Phi) is 14.0. The highest BCUT2D eigenvalue weighted by molar-refractivity contribution is 6.01. The lowest BCUT2D eigenvalue weighted by Crippen LogP contribution is -2.53. The van der Waals surface area contributed by atoms with Crippen LogP contribution in [0.2, 0.25) is 0 Å². The quantitative estimate of drug-likeness (QED) is 0.0971. The summed E-state index contributed by atoms with van der Waals surface area (Å²) in [4.78, 5) is 76.3. The molecule has 3 aromatic carbocycles. The van der Waals surface area contributed by atoms with Gasteiger partial charge in [0, 0.05) is 19.5 Å². The van der Waals surface area contributed by atoms with E-state index in [1.165, 1.54) is 0 Å². The highest BCUT2D eigenvalue weighted by atomic mass is 19.4. The zero-order valence-corrected chi connectivity index (χ0v) is 32.0. The largest absolute Gasteiger partial charge is 0.573 e. The van der Waals surface area contributed by atoms with Crippen molar-refractivity contribution in [2.45, 2.75) is 82.1 Å². The van der Waals surface area contributed by atoms with Crippen LogP contribution in [0, 0.1) is 0 Å². The first-order chi connectivity index (χ1) is 28.4. The Hall–Kier alpha value is -6.17. The molecule has 0 radical (unpaired) electrons. The first kappa shape index (κ1) is 42.4.